The number of nitrogens with one attached hydrogen (secondary N) is 1. The number of rotatable bonds is 8. The van der Waals surface area contributed by atoms with E-state index in [4.69, 9.17) is 19.5 Å². The maximum absolute atomic E-state index is 13.0. The molecule has 1 aromatic heterocycles. The van der Waals surface area contributed by atoms with Gasteiger partial charge in [0.1, 0.15) is 23.6 Å². The normalized spacial score (nSPS) is 20.2. The first-order valence-corrected chi connectivity index (χ1v) is 11.7. The molecule has 10 heteroatoms. The quantitative estimate of drug-likeness (QED) is 0.610. The molecule has 1 aromatic rings. The minimum atomic E-state index is -0.601. The van der Waals surface area contributed by atoms with Crippen LogP contribution in [0.4, 0.5) is 10.6 Å². The third-order valence-electron chi connectivity index (χ3n) is 5.88. The van der Waals surface area contributed by atoms with E-state index in [1.165, 1.54) is 0 Å². The number of amides is 2. The van der Waals surface area contributed by atoms with Gasteiger partial charge in [0, 0.05) is 45.4 Å². The van der Waals surface area contributed by atoms with Gasteiger partial charge in [0.2, 0.25) is 0 Å². The lowest BCUT2D eigenvalue weighted by Gasteiger charge is -2.37. The number of carbonyl (C=O) groups excluding carboxylic acids is 2. The van der Waals surface area contributed by atoms with Crippen LogP contribution in [0.25, 0.3) is 0 Å². The lowest BCUT2D eigenvalue weighted by atomic mass is 10.0. The first-order chi connectivity index (χ1) is 16.2. The number of hydrogen-bond acceptors (Lipinski definition) is 8. The Bertz CT molecular complexity index is 871. The average Bonchev–Trinajstić information content (AvgIpc) is 3.16. The molecule has 2 amide bonds. The highest BCUT2D eigenvalue weighted by Gasteiger charge is 2.38. The topological polar surface area (TPSA) is 117 Å². The molecule has 0 radical (unpaired) electrons. The second-order valence-corrected chi connectivity index (χ2v) is 9.68. The van der Waals surface area contributed by atoms with Gasteiger partial charge in [0.15, 0.2) is 0 Å². The van der Waals surface area contributed by atoms with Crippen molar-refractivity contribution in [3.05, 3.63) is 23.9 Å². The van der Waals surface area contributed by atoms with Crippen molar-refractivity contribution in [1.29, 1.82) is 5.26 Å². The lowest BCUT2D eigenvalue weighted by Crippen LogP contribution is -2.47. The minimum absolute atomic E-state index is 0.00313. The molecule has 0 saturated carbocycles. The molecule has 2 aliphatic rings. The number of pyridine rings is 1. The second-order valence-electron chi connectivity index (χ2n) is 9.68. The van der Waals surface area contributed by atoms with Crippen LogP contribution in [0.2, 0.25) is 0 Å². The smallest absolute Gasteiger partial charge is 0.408 e. The fourth-order valence-corrected chi connectivity index (χ4v) is 4.28. The van der Waals surface area contributed by atoms with Crippen molar-refractivity contribution >= 4 is 17.8 Å². The highest BCUT2D eigenvalue weighted by Crippen LogP contribution is 2.26. The van der Waals surface area contributed by atoms with Crippen molar-refractivity contribution in [2.75, 3.05) is 44.9 Å². The molecule has 10 nitrogen and oxygen atoms in total. The number of nitriles is 1. The molecule has 1 unspecified atom stereocenters. The summed E-state index contributed by atoms with van der Waals surface area (Å²) in [5, 5.41) is 11.7. The second kappa shape index (κ2) is 11.5. The van der Waals surface area contributed by atoms with Gasteiger partial charge in [0.05, 0.1) is 24.8 Å². The molecule has 1 N–H and O–H groups in total. The first kappa shape index (κ1) is 25.7. The molecule has 34 heavy (non-hydrogen) atoms. The Morgan fingerprint density at radius 2 is 1.97 bits per heavy atom. The van der Waals surface area contributed by atoms with E-state index in [0.717, 1.165) is 31.7 Å². The number of piperidine rings is 1. The summed E-state index contributed by atoms with van der Waals surface area (Å²) in [6, 6.07) is 5.48. The zero-order chi connectivity index (χ0) is 24.7. The molecule has 186 valence electrons. The maximum atomic E-state index is 13.0. The number of methoxy groups -OCH3 is 1. The van der Waals surface area contributed by atoms with Gasteiger partial charge in [-0.05, 0) is 45.7 Å². The molecular weight excluding hydrogens is 438 g/mol. The van der Waals surface area contributed by atoms with Crippen LogP contribution in [0.1, 0.15) is 45.6 Å². The van der Waals surface area contributed by atoms with E-state index in [-0.39, 0.29) is 25.2 Å². The summed E-state index contributed by atoms with van der Waals surface area (Å²) >= 11 is 0. The van der Waals surface area contributed by atoms with Crippen molar-refractivity contribution in [2.24, 2.45) is 0 Å². The van der Waals surface area contributed by atoms with Gasteiger partial charge in [-0.3, -0.25) is 4.79 Å². The molecule has 0 spiro atoms. The Morgan fingerprint density at radius 3 is 2.56 bits per heavy atom. The van der Waals surface area contributed by atoms with Crippen LogP contribution in [0.5, 0.6) is 0 Å². The first-order valence-electron chi connectivity index (χ1n) is 11.7. The molecule has 0 bridgehead atoms. The van der Waals surface area contributed by atoms with E-state index >= 15 is 0 Å². The number of nitrogens with zero attached hydrogens (tertiary/aromatic N) is 4. The van der Waals surface area contributed by atoms with Crippen molar-refractivity contribution < 1.29 is 23.8 Å². The van der Waals surface area contributed by atoms with E-state index in [1.54, 1.807) is 40.1 Å². The maximum Gasteiger partial charge on any atom is 0.408 e. The van der Waals surface area contributed by atoms with Crippen molar-refractivity contribution in [1.82, 2.24) is 15.2 Å². The number of likely N-dealkylation sites (tertiary alicyclic amines) is 1. The average molecular weight is 474 g/mol. The highest BCUT2D eigenvalue weighted by molar-refractivity contribution is 5.83. The Labute approximate surface area is 201 Å². The van der Waals surface area contributed by atoms with Gasteiger partial charge in [0.25, 0.3) is 5.91 Å². The van der Waals surface area contributed by atoms with Crippen molar-refractivity contribution in [3.8, 4) is 6.07 Å². The number of alkyl carbamates (subject to hydrolysis) is 1. The number of anilines is 1. The third-order valence-corrected chi connectivity index (χ3v) is 5.88. The molecule has 3 heterocycles. The Hall–Kier alpha value is -2.90. The molecule has 2 aliphatic heterocycles. The van der Waals surface area contributed by atoms with Crippen LogP contribution in [0, 0.1) is 11.3 Å². The fourth-order valence-electron chi connectivity index (χ4n) is 4.28. The van der Waals surface area contributed by atoms with E-state index in [9.17, 15) is 9.59 Å². The molecule has 2 saturated heterocycles. The number of ether oxygens (including phenoxy) is 3. The zero-order valence-corrected chi connectivity index (χ0v) is 20.5. The fraction of sp³-hybridized carbons (Fsp3) is 0.667. The highest BCUT2D eigenvalue weighted by atomic mass is 16.6. The van der Waals surface area contributed by atoms with Crippen molar-refractivity contribution in [3.63, 3.8) is 0 Å². The van der Waals surface area contributed by atoms with Gasteiger partial charge >= 0.3 is 6.09 Å². The van der Waals surface area contributed by atoms with E-state index < -0.39 is 23.8 Å². The van der Waals surface area contributed by atoms with Crippen LogP contribution in [0.15, 0.2) is 18.3 Å². The molecular formula is C24H35N5O5. The molecule has 3 rings (SSSR count). The summed E-state index contributed by atoms with van der Waals surface area (Å²) < 4.78 is 16.4. The largest absolute Gasteiger partial charge is 0.444 e. The minimum Gasteiger partial charge on any atom is -0.444 e. The number of hydrogen-bond donors (Lipinski definition) is 1. The van der Waals surface area contributed by atoms with Gasteiger partial charge < -0.3 is 29.3 Å². The molecule has 0 aliphatic carbocycles. The Kier molecular flexibility index (Phi) is 8.69. The Balaban J connectivity index is 1.46. The van der Waals surface area contributed by atoms with E-state index in [2.05, 4.69) is 21.3 Å². The SMILES string of the molecule is COC[C@@H](COC1CCN(C2CCN(c3ccc(C#N)cn3)CC2)C1=O)NC(=O)OC(C)(C)C. The van der Waals surface area contributed by atoms with Crippen LogP contribution in [0.3, 0.4) is 0 Å². The summed E-state index contributed by atoms with van der Waals surface area (Å²) in [6.45, 7) is 8.08. The summed E-state index contributed by atoms with van der Waals surface area (Å²) in [7, 11) is 1.55. The number of carbonyl (C=O) groups is 2. The van der Waals surface area contributed by atoms with E-state index in [1.807, 2.05) is 11.0 Å². The molecule has 2 atom stereocenters. The van der Waals surface area contributed by atoms with Gasteiger partial charge in [-0.2, -0.15) is 5.26 Å². The van der Waals surface area contributed by atoms with Crippen LogP contribution >= 0.6 is 0 Å². The summed E-state index contributed by atoms with van der Waals surface area (Å²) in [6.07, 6.45) is 2.86. The van der Waals surface area contributed by atoms with Gasteiger partial charge in [-0.15, -0.1) is 0 Å². The van der Waals surface area contributed by atoms with Gasteiger partial charge in [-0.25, -0.2) is 9.78 Å². The van der Waals surface area contributed by atoms with Crippen LogP contribution < -0.4 is 10.2 Å². The van der Waals surface area contributed by atoms with Crippen LogP contribution in [-0.4, -0.2) is 85.6 Å². The zero-order valence-electron chi connectivity index (χ0n) is 20.5. The summed E-state index contributed by atoms with van der Waals surface area (Å²) in [4.78, 5) is 33.6. The predicted molar refractivity (Wildman–Crippen MR) is 125 cm³/mol. The predicted octanol–water partition coefficient (Wildman–Crippen LogP) is 2.08. The Morgan fingerprint density at radius 1 is 1.24 bits per heavy atom. The monoisotopic (exact) mass is 473 g/mol. The standard InChI is InChI=1S/C24H35N5O5/c1-24(2,3)34-23(31)27-18(15-32-4)16-33-20-9-12-29(22(20)30)19-7-10-28(11-8-19)21-6-5-17(13-25)14-26-21/h5-6,14,18-20H,7-12,15-16H2,1-4H3,(H,27,31)/t18-,20?/m0/s1. The summed E-state index contributed by atoms with van der Waals surface area (Å²) in [5.74, 6) is 0.858. The lowest BCUT2D eigenvalue weighted by molar-refractivity contribution is -0.140. The van der Waals surface area contributed by atoms with Gasteiger partial charge in [-0.1, -0.05) is 0 Å². The van der Waals surface area contributed by atoms with E-state index in [0.29, 0.717) is 18.5 Å². The molecule has 0 aromatic carbocycles. The third kappa shape index (κ3) is 7.05. The molecule has 2 fully saturated rings. The number of aromatic nitrogens is 1. The van der Waals surface area contributed by atoms with Crippen LogP contribution in [-0.2, 0) is 19.0 Å². The summed E-state index contributed by atoms with van der Waals surface area (Å²) in [5.41, 5.74) is -0.0580. The van der Waals surface area contributed by atoms with Crippen molar-refractivity contribution in [2.45, 2.75) is 63.8 Å².